The van der Waals surface area contributed by atoms with Gasteiger partial charge in [-0.1, -0.05) is 103 Å². The maximum Gasteiger partial charge on any atom is 0.494 e. The van der Waals surface area contributed by atoms with E-state index in [0.29, 0.717) is 0 Å². The van der Waals surface area contributed by atoms with Gasteiger partial charge in [-0.25, -0.2) is 15.0 Å². The summed E-state index contributed by atoms with van der Waals surface area (Å²) in [5, 5.41) is 3.13. The van der Waals surface area contributed by atoms with E-state index in [1.807, 2.05) is 42.5 Å². The SMILES string of the molecule is CC1(C)OB(c2ccc(-c3nc4ccccc4c4c3ccc3nc(-c5ccccc5)c(-c5ccccc5)nc34)cc2)OC1(C)C. The van der Waals surface area contributed by atoms with Crippen LogP contribution in [0.15, 0.2) is 121 Å². The zero-order valence-electron chi connectivity index (χ0n) is 25.8. The molecule has 45 heavy (non-hydrogen) atoms. The highest BCUT2D eigenvalue weighted by atomic mass is 16.7. The lowest BCUT2D eigenvalue weighted by Gasteiger charge is -2.32. The van der Waals surface area contributed by atoms with Crippen molar-refractivity contribution in [2.24, 2.45) is 0 Å². The van der Waals surface area contributed by atoms with Crippen molar-refractivity contribution < 1.29 is 9.31 Å². The fraction of sp³-hybridized carbons (Fsp3) is 0.154. The van der Waals surface area contributed by atoms with Gasteiger partial charge in [-0.15, -0.1) is 0 Å². The summed E-state index contributed by atoms with van der Waals surface area (Å²) in [5.41, 5.74) is 8.52. The normalized spacial score (nSPS) is 15.7. The fourth-order valence-electron chi connectivity index (χ4n) is 6.15. The van der Waals surface area contributed by atoms with E-state index in [9.17, 15) is 0 Å². The molecule has 0 atom stereocenters. The standard InChI is InChI=1S/C39H32BN3O2/c1-38(2)39(3,4)45-40(44-38)28-21-19-27(20-22-28)34-30-23-24-32-37(33(30)29-17-11-12-18-31(29)41-34)43-36(26-15-9-6-10-16-26)35(42-32)25-13-7-5-8-14-25/h5-24H,1-4H3. The van der Waals surface area contributed by atoms with Crippen LogP contribution in [0.25, 0.3) is 66.5 Å². The summed E-state index contributed by atoms with van der Waals surface area (Å²) < 4.78 is 12.6. The van der Waals surface area contributed by atoms with Crippen LogP contribution < -0.4 is 5.46 Å². The van der Waals surface area contributed by atoms with E-state index in [1.54, 1.807) is 0 Å². The predicted molar refractivity (Wildman–Crippen MR) is 184 cm³/mol. The molecule has 0 amide bonds. The van der Waals surface area contributed by atoms with E-state index in [1.165, 1.54) is 0 Å². The molecular weight excluding hydrogens is 553 g/mol. The number of para-hydroxylation sites is 1. The molecule has 5 nitrogen and oxygen atoms in total. The van der Waals surface area contributed by atoms with Gasteiger partial charge in [0.2, 0.25) is 0 Å². The van der Waals surface area contributed by atoms with Gasteiger partial charge in [0.05, 0.1) is 44.8 Å². The Bertz CT molecular complexity index is 2200. The summed E-state index contributed by atoms with van der Waals surface area (Å²) in [6.45, 7) is 8.30. The third-order valence-electron chi connectivity index (χ3n) is 9.30. The molecule has 0 radical (unpaired) electrons. The molecule has 0 aliphatic carbocycles. The largest absolute Gasteiger partial charge is 0.494 e. The van der Waals surface area contributed by atoms with Crippen LogP contribution in [-0.2, 0) is 9.31 Å². The highest BCUT2D eigenvalue weighted by molar-refractivity contribution is 6.62. The van der Waals surface area contributed by atoms with Gasteiger partial charge in [-0.2, -0.15) is 0 Å². The van der Waals surface area contributed by atoms with E-state index in [4.69, 9.17) is 24.3 Å². The highest BCUT2D eigenvalue weighted by Gasteiger charge is 2.51. The molecule has 0 saturated carbocycles. The molecule has 2 aromatic heterocycles. The Morgan fingerprint density at radius 3 is 1.64 bits per heavy atom. The maximum atomic E-state index is 6.31. The van der Waals surface area contributed by atoms with Gasteiger partial charge < -0.3 is 9.31 Å². The van der Waals surface area contributed by atoms with E-state index < -0.39 is 18.3 Å². The Balaban J connectivity index is 1.34. The Morgan fingerprint density at radius 2 is 1.00 bits per heavy atom. The van der Waals surface area contributed by atoms with Crippen molar-refractivity contribution in [3.8, 4) is 33.8 Å². The topological polar surface area (TPSA) is 57.1 Å². The second-order valence-electron chi connectivity index (χ2n) is 12.7. The Morgan fingerprint density at radius 1 is 0.467 bits per heavy atom. The van der Waals surface area contributed by atoms with Crippen molar-refractivity contribution in [2.45, 2.75) is 38.9 Å². The average molecular weight is 586 g/mol. The predicted octanol–water partition coefficient (Wildman–Crippen LogP) is 8.63. The molecule has 0 unspecified atom stereocenters. The Kier molecular flexibility index (Phi) is 6.35. The van der Waals surface area contributed by atoms with Crippen molar-refractivity contribution in [3.63, 3.8) is 0 Å². The van der Waals surface area contributed by atoms with Crippen LogP contribution >= 0.6 is 0 Å². The second kappa shape index (κ2) is 10.3. The number of hydrogen-bond donors (Lipinski definition) is 0. The van der Waals surface area contributed by atoms with Crippen LogP contribution in [0.2, 0.25) is 0 Å². The van der Waals surface area contributed by atoms with Gasteiger partial charge in [0.25, 0.3) is 0 Å². The van der Waals surface area contributed by atoms with Gasteiger partial charge in [0.15, 0.2) is 0 Å². The third kappa shape index (κ3) is 4.60. The molecule has 0 bridgehead atoms. The zero-order valence-corrected chi connectivity index (χ0v) is 25.8. The number of aromatic nitrogens is 3. The van der Waals surface area contributed by atoms with Gasteiger partial charge in [-0.05, 0) is 51.4 Å². The maximum absolute atomic E-state index is 6.31. The summed E-state index contributed by atoms with van der Waals surface area (Å²) in [7, 11) is -0.417. The molecule has 0 spiro atoms. The molecule has 7 aromatic rings. The first-order valence-electron chi connectivity index (χ1n) is 15.4. The molecule has 1 fully saturated rings. The smallest absolute Gasteiger partial charge is 0.399 e. The summed E-state index contributed by atoms with van der Waals surface area (Å²) >= 11 is 0. The number of hydrogen-bond acceptors (Lipinski definition) is 5. The van der Waals surface area contributed by atoms with Crippen LogP contribution in [-0.4, -0.2) is 33.3 Å². The summed E-state index contributed by atoms with van der Waals surface area (Å²) in [6, 6.07) is 41.5. The lowest BCUT2D eigenvalue weighted by atomic mass is 9.78. The van der Waals surface area contributed by atoms with Crippen molar-refractivity contribution in [3.05, 3.63) is 121 Å². The lowest BCUT2D eigenvalue weighted by molar-refractivity contribution is 0.00578. The fourth-order valence-corrected chi connectivity index (χ4v) is 6.15. The van der Waals surface area contributed by atoms with Crippen molar-refractivity contribution in [1.82, 2.24) is 15.0 Å². The number of rotatable bonds is 4. The first kappa shape index (κ1) is 27.6. The number of pyridine rings is 1. The summed E-state index contributed by atoms with van der Waals surface area (Å²) in [5.74, 6) is 0. The van der Waals surface area contributed by atoms with E-state index in [0.717, 1.165) is 71.9 Å². The highest BCUT2D eigenvalue weighted by Crippen LogP contribution is 2.39. The van der Waals surface area contributed by atoms with Crippen LogP contribution in [0.4, 0.5) is 0 Å². The minimum absolute atomic E-state index is 0.395. The minimum Gasteiger partial charge on any atom is -0.399 e. The lowest BCUT2D eigenvalue weighted by Crippen LogP contribution is -2.41. The van der Waals surface area contributed by atoms with E-state index in [-0.39, 0.29) is 0 Å². The van der Waals surface area contributed by atoms with Crippen molar-refractivity contribution >= 4 is 45.3 Å². The Labute approximate surface area is 263 Å². The molecule has 218 valence electrons. The molecule has 8 rings (SSSR count). The van der Waals surface area contributed by atoms with Gasteiger partial charge >= 0.3 is 7.12 Å². The monoisotopic (exact) mass is 585 g/mol. The molecule has 1 aliphatic rings. The first-order chi connectivity index (χ1) is 21.8. The molecular formula is C39H32BN3O2. The van der Waals surface area contributed by atoms with Crippen molar-refractivity contribution in [2.75, 3.05) is 0 Å². The average Bonchev–Trinajstić information content (AvgIpc) is 3.30. The second-order valence-corrected chi connectivity index (χ2v) is 12.7. The quantitative estimate of drug-likeness (QED) is 0.153. The first-order valence-corrected chi connectivity index (χ1v) is 15.4. The molecule has 6 heteroatoms. The van der Waals surface area contributed by atoms with Gasteiger partial charge in [0.1, 0.15) is 0 Å². The van der Waals surface area contributed by atoms with Crippen molar-refractivity contribution in [1.29, 1.82) is 0 Å². The molecule has 1 aliphatic heterocycles. The zero-order chi connectivity index (χ0) is 30.8. The van der Waals surface area contributed by atoms with Crippen LogP contribution in [0.1, 0.15) is 27.7 Å². The molecule has 5 aromatic carbocycles. The summed E-state index contributed by atoms with van der Waals surface area (Å²) in [6.07, 6.45) is 0. The van der Waals surface area contributed by atoms with Gasteiger partial charge in [0, 0.05) is 32.8 Å². The van der Waals surface area contributed by atoms with Crippen LogP contribution in [0.3, 0.4) is 0 Å². The van der Waals surface area contributed by atoms with Crippen LogP contribution in [0, 0.1) is 0 Å². The third-order valence-corrected chi connectivity index (χ3v) is 9.30. The van der Waals surface area contributed by atoms with E-state index >= 15 is 0 Å². The van der Waals surface area contributed by atoms with Gasteiger partial charge in [-0.3, -0.25) is 0 Å². The summed E-state index contributed by atoms with van der Waals surface area (Å²) in [4.78, 5) is 15.8. The number of nitrogens with zero attached hydrogens (tertiary/aromatic N) is 3. The molecule has 3 heterocycles. The van der Waals surface area contributed by atoms with Crippen LogP contribution in [0.5, 0.6) is 0 Å². The molecule has 0 N–H and O–H groups in total. The number of fused-ring (bicyclic) bond motifs is 5. The minimum atomic E-state index is -0.417. The van der Waals surface area contributed by atoms with E-state index in [2.05, 4.69) is 107 Å². The molecule has 1 saturated heterocycles. The number of benzene rings is 5. The Hall–Kier alpha value is -4.91.